The van der Waals surface area contributed by atoms with Gasteiger partial charge in [0.05, 0.1) is 10.5 Å². The predicted octanol–water partition coefficient (Wildman–Crippen LogP) is 1.71. The number of benzene rings is 1. The van der Waals surface area contributed by atoms with E-state index in [1.807, 2.05) is 0 Å². The molecule has 0 aliphatic carbocycles. The van der Waals surface area contributed by atoms with E-state index in [9.17, 15) is 14.0 Å². The molecule has 3 N–H and O–H groups in total. The number of imide groups is 1. The molecule has 1 atom stereocenters. The third kappa shape index (κ3) is 2.04. The van der Waals surface area contributed by atoms with Gasteiger partial charge in [-0.15, -0.1) is 0 Å². The molecule has 0 bridgehead atoms. The van der Waals surface area contributed by atoms with Crippen LogP contribution in [0.25, 0.3) is 10.9 Å². The number of aromatic amines is 1. The summed E-state index contributed by atoms with van der Waals surface area (Å²) in [6.07, 6.45) is 1.94. The number of carbonyl (C=O) groups is 2. The normalized spacial score (nSPS) is 18.7. The Morgan fingerprint density at radius 3 is 2.79 bits per heavy atom. The average Bonchev–Trinajstić information content (AvgIpc) is 2.84. The molecule has 3 amide bonds. The van der Waals surface area contributed by atoms with E-state index in [2.05, 4.69) is 15.6 Å². The van der Waals surface area contributed by atoms with Crippen LogP contribution in [-0.2, 0) is 11.2 Å². The molecule has 2 aromatic rings. The average molecular weight is 282 g/mol. The van der Waals surface area contributed by atoms with E-state index in [1.54, 1.807) is 6.20 Å². The van der Waals surface area contributed by atoms with E-state index < -0.39 is 17.9 Å². The Morgan fingerprint density at radius 2 is 2.11 bits per heavy atom. The van der Waals surface area contributed by atoms with Gasteiger partial charge in [0, 0.05) is 18.0 Å². The lowest BCUT2D eigenvalue weighted by molar-refractivity contribution is -0.120. The quantitative estimate of drug-likeness (QED) is 0.733. The summed E-state index contributed by atoms with van der Waals surface area (Å²) >= 11 is 5.92. The number of carbonyl (C=O) groups excluding carboxylic acids is 2. The molecule has 3 rings (SSSR count). The molecule has 98 valence electrons. The summed E-state index contributed by atoms with van der Waals surface area (Å²) in [7, 11) is 0. The van der Waals surface area contributed by atoms with Gasteiger partial charge in [0.25, 0.3) is 5.91 Å². The molecule has 19 heavy (non-hydrogen) atoms. The number of nitrogens with one attached hydrogen (secondary N) is 3. The number of aromatic nitrogens is 1. The first kappa shape index (κ1) is 12.0. The zero-order chi connectivity index (χ0) is 13.6. The summed E-state index contributed by atoms with van der Waals surface area (Å²) in [5.74, 6) is -0.833. The van der Waals surface area contributed by atoms with Crippen molar-refractivity contribution >= 4 is 34.4 Å². The second-order valence-corrected chi connectivity index (χ2v) is 4.75. The van der Waals surface area contributed by atoms with Crippen molar-refractivity contribution in [3.63, 3.8) is 0 Å². The van der Waals surface area contributed by atoms with Crippen molar-refractivity contribution in [3.05, 3.63) is 34.7 Å². The van der Waals surface area contributed by atoms with Crippen molar-refractivity contribution < 1.29 is 14.0 Å². The smallest absolute Gasteiger partial charge is 0.322 e. The number of urea groups is 1. The predicted molar refractivity (Wildman–Crippen MR) is 67.4 cm³/mol. The lowest BCUT2D eigenvalue weighted by Crippen LogP contribution is -2.30. The van der Waals surface area contributed by atoms with E-state index in [0.29, 0.717) is 10.9 Å². The summed E-state index contributed by atoms with van der Waals surface area (Å²) in [4.78, 5) is 25.4. The number of hydrogen-bond donors (Lipinski definition) is 3. The monoisotopic (exact) mass is 281 g/mol. The first-order valence-corrected chi connectivity index (χ1v) is 5.99. The minimum Gasteiger partial charge on any atom is -0.360 e. The number of rotatable bonds is 2. The number of fused-ring (bicyclic) bond motifs is 1. The standard InChI is InChI=1S/C12H9ClFN3O2/c13-8-3-6(14)2-7-5(4-15-10(7)8)1-9-11(18)17-12(19)16-9/h2-4,9,15H,1H2,(H2,16,17,18,19). The summed E-state index contributed by atoms with van der Waals surface area (Å²) in [5, 5.41) is 5.54. The topological polar surface area (TPSA) is 74.0 Å². The van der Waals surface area contributed by atoms with Gasteiger partial charge in [-0.3, -0.25) is 10.1 Å². The second-order valence-electron chi connectivity index (χ2n) is 4.34. The van der Waals surface area contributed by atoms with Crippen LogP contribution < -0.4 is 10.6 Å². The molecular formula is C12H9ClFN3O2. The molecule has 1 aromatic heterocycles. The van der Waals surface area contributed by atoms with Gasteiger partial charge in [-0.2, -0.15) is 0 Å². The summed E-state index contributed by atoms with van der Waals surface area (Å²) < 4.78 is 13.4. The summed E-state index contributed by atoms with van der Waals surface area (Å²) in [5.41, 5.74) is 1.33. The lowest BCUT2D eigenvalue weighted by atomic mass is 10.1. The van der Waals surface area contributed by atoms with E-state index >= 15 is 0 Å². The molecular weight excluding hydrogens is 273 g/mol. The molecule has 2 heterocycles. The third-order valence-electron chi connectivity index (χ3n) is 3.07. The Labute approximate surface area is 112 Å². The minimum absolute atomic E-state index is 0.275. The van der Waals surface area contributed by atoms with E-state index in [1.165, 1.54) is 12.1 Å². The zero-order valence-corrected chi connectivity index (χ0v) is 10.3. The van der Waals surface area contributed by atoms with Crippen molar-refractivity contribution in [1.82, 2.24) is 15.6 Å². The van der Waals surface area contributed by atoms with Crippen molar-refractivity contribution in [2.24, 2.45) is 0 Å². The molecule has 1 aliphatic heterocycles. The molecule has 7 heteroatoms. The maximum Gasteiger partial charge on any atom is 0.322 e. The zero-order valence-electron chi connectivity index (χ0n) is 9.59. The summed E-state index contributed by atoms with van der Waals surface area (Å²) in [6, 6.07) is 1.41. The summed E-state index contributed by atoms with van der Waals surface area (Å²) in [6.45, 7) is 0. The number of H-pyrrole nitrogens is 1. The fraction of sp³-hybridized carbons (Fsp3) is 0.167. The van der Waals surface area contributed by atoms with Crippen molar-refractivity contribution in [2.45, 2.75) is 12.5 Å². The van der Waals surface area contributed by atoms with Crippen LogP contribution in [0.3, 0.4) is 0 Å². The molecule has 5 nitrogen and oxygen atoms in total. The Hall–Kier alpha value is -2.08. The highest BCUT2D eigenvalue weighted by molar-refractivity contribution is 6.35. The van der Waals surface area contributed by atoms with Crippen LogP contribution in [0, 0.1) is 5.82 Å². The van der Waals surface area contributed by atoms with Gasteiger partial charge in [-0.05, 0) is 17.7 Å². The highest BCUT2D eigenvalue weighted by atomic mass is 35.5. The molecule has 1 fully saturated rings. The SMILES string of the molecule is O=C1NC(=O)C(Cc2c[nH]c3c(Cl)cc(F)cc23)N1. The van der Waals surface area contributed by atoms with Crippen LogP contribution in [-0.4, -0.2) is 23.0 Å². The van der Waals surface area contributed by atoms with E-state index in [4.69, 9.17) is 11.6 Å². The highest BCUT2D eigenvalue weighted by Crippen LogP contribution is 2.27. The first-order valence-electron chi connectivity index (χ1n) is 5.61. The third-order valence-corrected chi connectivity index (χ3v) is 3.37. The van der Waals surface area contributed by atoms with Gasteiger partial charge >= 0.3 is 6.03 Å². The molecule has 1 unspecified atom stereocenters. The number of halogens is 2. The molecule has 1 aromatic carbocycles. The molecule has 1 saturated heterocycles. The van der Waals surface area contributed by atoms with Crippen LogP contribution in [0.2, 0.25) is 5.02 Å². The van der Waals surface area contributed by atoms with Gasteiger partial charge in [0.1, 0.15) is 11.9 Å². The second kappa shape index (κ2) is 4.24. The Kier molecular flexibility index (Phi) is 2.67. The van der Waals surface area contributed by atoms with E-state index in [-0.39, 0.29) is 17.4 Å². The van der Waals surface area contributed by atoms with Gasteiger partial charge in [0.2, 0.25) is 0 Å². The van der Waals surface area contributed by atoms with Crippen molar-refractivity contribution in [1.29, 1.82) is 0 Å². The van der Waals surface area contributed by atoms with Crippen LogP contribution in [0.5, 0.6) is 0 Å². The molecule has 0 saturated carbocycles. The van der Waals surface area contributed by atoms with Crippen LogP contribution in [0.4, 0.5) is 9.18 Å². The van der Waals surface area contributed by atoms with Gasteiger partial charge in [0.15, 0.2) is 0 Å². The van der Waals surface area contributed by atoms with Crippen LogP contribution in [0.15, 0.2) is 18.3 Å². The molecule has 0 radical (unpaired) electrons. The number of amides is 3. The molecule has 1 aliphatic rings. The maximum atomic E-state index is 13.4. The number of hydrogen-bond acceptors (Lipinski definition) is 2. The minimum atomic E-state index is -0.645. The van der Waals surface area contributed by atoms with Gasteiger partial charge in [-0.1, -0.05) is 11.6 Å². The lowest BCUT2D eigenvalue weighted by Gasteiger charge is -2.06. The fourth-order valence-corrected chi connectivity index (χ4v) is 2.46. The Morgan fingerprint density at radius 1 is 1.32 bits per heavy atom. The van der Waals surface area contributed by atoms with E-state index in [0.717, 1.165) is 5.56 Å². The van der Waals surface area contributed by atoms with Crippen LogP contribution >= 0.6 is 11.6 Å². The van der Waals surface area contributed by atoms with Crippen LogP contribution in [0.1, 0.15) is 5.56 Å². The fourth-order valence-electron chi connectivity index (χ4n) is 2.20. The van der Waals surface area contributed by atoms with Gasteiger partial charge in [-0.25, -0.2) is 9.18 Å². The Bertz CT molecular complexity index is 698. The largest absolute Gasteiger partial charge is 0.360 e. The highest BCUT2D eigenvalue weighted by Gasteiger charge is 2.30. The molecule has 0 spiro atoms. The van der Waals surface area contributed by atoms with Gasteiger partial charge < -0.3 is 10.3 Å². The Balaban J connectivity index is 1.98. The van der Waals surface area contributed by atoms with Crippen molar-refractivity contribution in [2.75, 3.05) is 0 Å². The maximum absolute atomic E-state index is 13.4. The first-order chi connectivity index (χ1) is 9.04. The van der Waals surface area contributed by atoms with Crippen molar-refractivity contribution in [3.8, 4) is 0 Å².